The summed E-state index contributed by atoms with van der Waals surface area (Å²) in [5.41, 5.74) is 5.57. The summed E-state index contributed by atoms with van der Waals surface area (Å²) >= 11 is 0. The van der Waals surface area contributed by atoms with Crippen molar-refractivity contribution in [2.24, 2.45) is 0 Å². The molecule has 0 spiro atoms. The highest BCUT2D eigenvalue weighted by molar-refractivity contribution is 7.92. The number of nitrogens with one attached hydrogen (secondary N) is 1. The number of ether oxygens (including phenoxy) is 4. The predicted molar refractivity (Wildman–Crippen MR) is 171 cm³/mol. The van der Waals surface area contributed by atoms with Gasteiger partial charge in [-0.1, -0.05) is 54.6 Å². The summed E-state index contributed by atoms with van der Waals surface area (Å²) in [4.78, 5) is 2.60. The molecule has 2 aliphatic heterocycles. The standard InChI is InChI=1S/C35H38N2O7S/c1-41-33-18-27-16-17-37(21-28(27)19-34(33)42-2)22-30-20-32(25-10-8-24(23-38)9-11-25)44-35(43-30)26-12-14-29(15-13-26)36-45(39,40)31-6-4-3-5-7-31/h3-15,18-19,30,32,35-36,38H,16-17,20-23H2,1-2H3/t30-,32+,35+/m1/s1. The fourth-order valence-electron chi connectivity index (χ4n) is 5.94. The van der Waals surface area contributed by atoms with Gasteiger partial charge in [0.05, 0.1) is 37.9 Å². The molecule has 10 heteroatoms. The van der Waals surface area contributed by atoms with Crippen molar-refractivity contribution in [3.05, 3.63) is 119 Å². The van der Waals surface area contributed by atoms with E-state index >= 15 is 0 Å². The third-order valence-corrected chi connectivity index (χ3v) is 9.76. The van der Waals surface area contributed by atoms with Crippen LogP contribution in [0.3, 0.4) is 0 Å². The van der Waals surface area contributed by atoms with Crippen molar-refractivity contribution in [2.45, 2.75) is 49.4 Å². The first-order chi connectivity index (χ1) is 21.8. The average Bonchev–Trinajstić information content (AvgIpc) is 3.08. The lowest BCUT2D eigenvalue weighted by atomic mass is 9.97. The molecule has 1 fully saturated rings. The fourth-order valence-corrected chi connectivity index (χ4v) is 7.02. The Balaban J connectivity index is 1.20. The molecular formula is C35H38N2O7S. The number of nitrogens with zero attached hydrogens (tertiary/aromatic N) is 1. The molecule has 0 amide bonds. The highest BCUT2D eigenvalue weighted by Gasteiger charge is 2.34. The van der Waals surface area contributed by atoms with E-state index in [9.17, 15) is 13.5 Å². The van der Waals surface area contributed by atoms with E-state index < -0.39 is 16.3 Å². The molecule has 1 saturated heterocycles. The number of hydrogen-bond acceptors (Lipinski definition) is 8. The van der Waals surface area contributed by atoms with Crippen LogP contribution in [0.5, 0.6) is 11.5 Å². The Morgan fingerprint density at radius 3 is 2.20 bits per heavy atom. The number of aliphatic hydroxyl groups excluding tert-OH is 1. The Kier molecular flexibility index (Phi) is 9.39. The van der Waals surface area contributed by atoms with E-state index in [4.69, 9.17) is 18.9 Å². The van der Waals surface area contributed by atoms with Crippen molar-refractivity contribution in [2.75, 3.05) is 32.0 Å². The molecule has 3 atom stereocenters. The Morgan fingerprint density at radius 1 is 0.867 bits per heavy atom. The Labute approximate surface area is 264 Å². The van der Waals surface area contributed by atoms with Crippen molar-refractivity contribution in [3.8, 4) is 11.5 Å². The SMILES string of the molecule is COc1cc2c(cc1OC)CN(C[C@H]1C[C@@H](c3ccc(CO)cc3)O[C@@H](c3ccc(NS(=O)(=O)c4ccccc4)cc3)O1)CC2. The zero-order valence-electron chi connectivity index (χ0n) is 25.4. The molecule has 0 unspecified atom stereocenters. The number of hydrogen-bond donors (Lipinski definition) is 2. The molecule has 2 heterocycles. The lowest BCUT2D eigenvalue weighted by molar-refractivity contribution is -0.253. The van der Waals surface area contributed by atoms with Crippen LogP contribution in [-0.4, -0.2) is 51.8 Å². The highest BCUT2D eigenvalue weighted by Crippen LogP contribution is 2.39. The van der Waals surface area contributed by atoms with E-state index in [1.165, 1.54) is 11.1 Å². The Hall–Kier alpha value is -3.93. The highest BCUT2D eigenvalue weighted by atomic mass is 32.2. The summed E-state index contributed by atoms with van der Waals surface area (Å²) in [5, 5.41) is 9.53. The summed E-state index contributed by atoms with van der Waals surface area (Å²) < 4.78 is 52.4. The number of fused-ring (bicyclic) bond motifs is 1. The van der Waals surface area contributed by atoms with E-state index in [0.29, 0.717) is 18.7 Å². The van der Waals surface area contributed by atoms with Crippen LogP contribution in [0, 0.1) is 0 Å². The van der Waals surface area contributed by atoms with Crippen molar-refractivity contribution >= 4 is 15.7 Å². The molecule has 0 radical (unpaired) electrons. The summed E-state index contributed by atoms with van der Waals surface area (Å²) in [6.07, 6.45) is 0.574. The van der Waals surface area contributed by atoms with Crippen LogP contribution in [-0.2, 0) is 39.1 Å². The maximum atomic E-state index is 12.8. The smallest absolute Gasteiger partial charge is 0.261 e. The number of rotatable bonds is 10. The van der Waals surface area contributed by atoms with Gasteiger partial charge >= 0.3 is 0 Å². The third-order valence-electron chi connectivity index (χ3n) is 8.36. The van der Waals surface area contributed by atoms with Crippen molar-refractivity contribution in [3.63, 3.8) is 0 Å². The first-order valence-corrected chi connectivity index (χ1v) is 16.5. The van der Waals surface area contributed by atoms with Crippen LogP contribution in [0.4, 0.5) is 5.69 Å². The van der Waals surface area contributed by atoms with Crippen LogP contribution in [0.25, 0.3) is 0 Å². The van der Waals surface area contributed by atoms with E-state index in [2.05, 4.69) is 21.8 Å². The van der Waals surface area contributed by atoms with Crippen LogP contribution >= 0.6 is 0 Å². The fraction of sp³-hybridized carbons (Fsp3) is 0.314. The van der Waals surface area contributed by atoms with Crippen LogP contribution in [0.2, 0.25) is 0 Å². The zero-order valence-corrected chi connectivity index (χ0v) is 26.2. The molecule has 0 saturated carbocycles. The van der Waals surface area contributed by atoms with Gasteiger partial charge in [-0.15, -0.1) is 0 Å². The maximum Gasteiger partial charge on any atom is 0.261 e. The van der Waals surface area contributed by atoms with Gasteiger partial charge in [-0.2, -0.15) is 0 Å². The summed E-state index contributed by atoms with van der Waals surface area (Å²) in [6.45, 7) is 2.36. The number of methoxy groups -OCH3 is 2. The van der Waals surface area contributed by atoms with Gasteiger partial charge in [0, 0.05) is 37.3 Å². The minimum Gasteiger partial charge on any atom is -0.493 e. The second-order valence-electron chi connectivity index (χ2n) is 11.4. The van der Waals surface area contributed by atoms with Gasteiger partial charge < -0.3 is 24.1 Å². The summed E-state index contributed by atoms with van der Waals surface area (Å²) in [7, 11) is -0.400. The third kappa shape index (κ3) is 7.16. The quantitative estimate of drug-likeness (QED) is 0.233. The first kappa shape index (κ1) is 31.1. The molecule has 4 aromatic rings. The van der Waals surface area contributed by atoms with Gasteiger partial charge in [-0.3, -0.25) is 9.62 Å². The molecule has 45 heavy (non-hydrogen) atoms. The van der Waals surface area contributed by atoms with Crippen molar-refractivity contribution < 1.29 is 32.5 Å². The molecule has 6 rings (SSSR count). The summed E-state index contributed by atoms with van der Waals surface area (Å²) in [6, 6.07) is 27.3. The molecule has 9 nitrogen and oxygen atoms in total. The van der Waals surface area contributed by atoms with Crippen molar-refractivity contribution in [1.29, 1.82) is 0 Å². The maximum absolute atomic E-state index is 12.8. The van der Waals surface area contributed by atoms with Gasteiger partial charge in [0.1, 0.15) is 0 Å². The predicted octanol–water partition coefficient (Wildman–Crippen LogP) is 5.60. The van der Waals surface area contributed by atoms with E-state index in [1.54, 1.807) is 56.7 Å². The van der Waals surface area contributed by atoms with Gasteiger partial charge in [-0.05, 0) is 65.1 Å². The minimum absolute atomic E-state index is 0.0202. The molecule has 2 N–H and O–H groups in total. The zero-order chi connectivity index (χ0) is 31.4. The Bertz CT molecular complexity index is 1700. The monoisotopic (exact) mass is 630 g/mol. The molecule has 2 aliphatic rings. The number of aliphatic hydroxyl groups is 1. The number of benzene rings is 4. The second kappa shape index (κ2) is 13.6. The largest absolute Gasteiger partial charge is 0.493 e. The molecule has 0 aliphatic carbocycles. The average molecular weight is 631 g/mol. The molecule has 0 aromatic heterocycles. The van der Waals surface area contributed by atoms with Crippen molar-refractivity contribution in [1.82, 2.24) is 4.90 Å². The lowest BCUT2D eigenvalue weighted by Gasteiger charge is -2.39. The minimum atomic E-state index is -3.71. The normalized spacial score (nSPS) is 20.3. The van der Waals surface area contributed by atoms with Gasteiger partial charge in [0.15, 0.2) is 17.8 Å². The van der Waals surface area contributed by atoms with E-state index in [1.807, 2.05) is 36.4 Å². The molecule has 0 bridgehead atoms. The number of anilines is 1. The van der Waals surface area contributed by atoms with E-state index in [-0.39, 0.29) is 23.7 Å². The van der Waals surface area contributed by atoms with Crippen LogP contribution < -0.4 is 14.2 Å². The van der Waals surface area contributed by atoms with Crippen LogP contribution in [0.1, 0.15) is 46.6 Å². The topological polar surface area (TPSA) is 107 Å². The van der Waals surface area contributed by atoms with Gasteiger partial charge in [0.2, 0.25) is 0 Å². The van der Waals surface area contributed by atoms with E-state index in [0.717, 1.165) is 47.7 Å². The number of sulfonamides is 1. The first-order valence-electron chi connectivity index (χ1n) is 15.0. The van der Waals surface area contributed by atoms with Gasteiger partial charge in [0.25, 0.3) is 10.0 Å². The van der Waals surface area contributed by atoms with Gasteiger partial charge in [-0.25, -0.2) is 8.42 Å². The molecular weight excluding hydrogens is 592 g/mol. The van der Waals surface area contributed by atoms with Crippen LogP contribution in [0.15, 0.2) is 95.9 Å². The Morgan fingerprint density at radius 2 is 1.53 bits per heavy atom. The molecule has 4 aromatic carbocycles. The summed E-state index contributed by atoms with van der Waals surface area (Å²) in [5.74, 6) is 1.47. The second-order valence-corrected chi connectivity index (χ2v) is 13.0. The molecule has 236 valence electrons. The lowest BCUT2D eigenvalue weighted by Crippen LogP contribution is -2.41.